The minimum Gasteiger partial charge on any atom is -0.461 e. The molecule has 1 aliphatic heterocycles. The summed E-state index contributed by atoms with van der Waals surface area (Å²) in [6.45, 7) is 0. The van der Waals surface area contributed by atoms with Crippen LogP contribution in [0.15, 0.2) is 95.9 Å². The summed E-state index contributed by atoms with van der Waals surface area (Å²) in [4.78, 5) is 9.44. The van der Waals surface area contributed by atoms with E-state index in [9.17, 15) is 0 Å². The van der Waals surface area contributed by atoms with Crippen molar-refractivity contribution in [3.63, 3.8) is 0 Å². The molecule has 1 aliphatic rings. The van der Waals surface area contributed by atoms with Gasteiger partial charge in [-0.05, 0) is 34.5 Å². The minimum atomic E-state index is -0.106. The van der Waals surface area contributed by atoms with Gasteiger partial charge in [-0.1, -0.05) is 60.7 Å². The molecule has 0 fully saturated rings. The molecule has 0 aliphatic carbocycles. The van der Waals surface area contributed by atoms with Crippen molar-refractivity contribution in [1.82, 2.24) is 19.6 Å². The smallest absolute Gasteiger partial charge is 0.228 e. The van der Waals surface area contributed by atoms with Gasteiger partial charge in [0.2, 0.25) is 11.7 Å². The average molecular weight is 416 g/mol. The largest absolute Gasteiger partial charge is 0.461 e. The molecule has 0 saturated heterocycles. The van der Waals surface area contributed by atoms with Crippen molar-refractivity contribution in [2.75, 3.05) is 0 Å². The van der Waals surface area contributed by atoms with Crippen LogP contribution in [0, 0.1) is 0 Å². The van der Waals surface area contributed by atoms with E-state index in [1.807, 2.05) is 24.3 Å². The monoisotopic (exact) mass is 416 g/mol. The summed E-state index contributed by atoms with van der Waals surface area (Å²) in [5, 5.41) is 6.92. The predicted octanol–water partition coefficient (Wildman–Crippen LogP) is 5.82. The maximum Gasteiger partial charge on any atom is 0.228 e. The molecule has 0 bridgehead atoms. The average Bonchev–Trinajstić information content (AvgIpc) is 3.53. The summed E-state index contributed by atoms with van der Waals surface area (Å²) < 4.78 is 13.6. The maximum atomic E-state index is 6.33. The number of benzene rings is 3. The number of nitrogens with zero attached hydrogens (tertiary/aromatic N) is 4. The van der Waals surface area contributed by atoms with Crippen molar-refractivity contribution in [1.29, 1.82) is 0 Å². The lowest BCUT2D eigenvalue weighted by Gasteiger charge is -2.29. The maximum absolute atomic E-state index is 6.33. The van der Waals surface area contributed by atoms with E-state index in [2.05, 4.69) is 64.7 Å². The van der Waals surface area contributed by atoms with Crippen LogP contribution in [0.3, 0.4) is 0 Å². The molecule has 6 heteroatoms. The third kappa shape index (κ3) is 2.43. The lowest BCUT2D eigenvalue weighted by atomic mass is 9.81. The highest BCUT2D eigenvalue weighted by Crippen LogP contribution is 2.50. The molecule has 3 aromatic carbocycles. The second-order valence-corrected chi connectivity index (χ2v) is 7.79. The van der Waals surface area contributed by atoms with Gasteiger partial charge >= 0.3 is 0 Å². The predicted molar refractivity (Wildman–Crippen MR) is 120 cm³/mol. The molecule has 0 radical (unpaired) electrons. The van der Waals surface area contributed by atoms with E-state index >= 15 is 0 Å². The number of furan rings is 1. The van der Waals surface area contributed by atoms with Crippen LogP contribution in [0.25, 0.3) is 28.0 Å². The minimum absolute atomic E-state index is 0.106. The Labute approximate surface area is 182 Å². The second kappa shape index (κ2) is 6.52. The highest BCUT2D eigenvalue weighted by atomic mass is 16.5. The van der Waals surface area contributed by atoms with E-state index in [4.69, 9.17) is 14.1 Å². The van der Waals surface area contributed by atoms with Gasteiger partial charge in [0.1, 0.15) is 12.1 Å². The van der Waals surface area contributed by atoms with Crippen LogP contribution in [0.2, 0.25) is 0 Å². The van der Waals surface area contributed by atoms with Crippen LogP contribution in [-0.2, 0) is 0 Å². The Balaban J connectivity index is 1.57. The van der Waals surface area contributed by atoms with E-state index in [0.29, 0.717) is 23.1 Å². The van der Waals surface area contributed by atoms with Crippen molar-refractivity contribution in [3.05, 3.63) is 108 Å². The number of hydrogen-bond donors (Lipinski definition) is 0. The van der Waals surface area contributed by atoms with Gasteiger partial charge in [-0.15, -0.1) is 5.10 Å². The molecule has 32 heavy (non-hydrogen) atoms. The first-order chi connectivity index (χ1) is 15.9. The Morgan fingerprint density at radius 3 is 2.56 bits per heavy atom. The van der Waals surface area contributed by atoms with Crippen LogP contribution < -0.4 is 4.74 Å². The summed E-state index contributed by atoms with van der Waals surface area (Å²) >= 11 is 0. The van der Waals surface area contributed by atoms with Gasteiger partial charge in [0, 0.05) is 11.5 Å². The third-order valence-corrected chi connectivity index (χ3v) is 5.98. The Morgan fingerprint density at radius 1 is 0.812 bits per heavy atom. The SMILES string of the molecule is c1ccc([C@@H]2c3c(ccc4ccccc34)Oc3ncn4nc(-c5ccco5)nc4c32)cc1. The van der Waals surface area contributed by atoms with Crippen molar-refractivity contribution < 1.29 is 9.15 Å². The van der Waals surface area contributed by atoms with Crippen LogP contribution >= 0.6 is 0 Å². The highest BCUT2D eigenvalue weighted by Gasteiger charge is 2.34. The van der Waals surface area contributed by atoms with Crippen LogP contribution in [0.4, 0.5) is 0 Å². The lowest BCUT2D eigenvalue weighted by molar-refractivity contribution is 0.433. The van der Waals surface area contributed by atoms with E-state index in [0.717, 1.165) is 33.2 Å². The van der Waals surface area contributed by atoms with Gasteiger partial charge in [0.05, 0.1) is 11.8 Å². The summed E-state index contributed by atoms with van der Waals surface area (Å²) in [6.07, 6.45) is 3.26. The van der Waals surface area contributed by atoms with Crippen LogP contribution in [0.5, 0.6) is 11.6 Å². The van der Waals surface area contributed by atoms with Crippen LogP contribution in [-0.4, -0.2) is 19.6 Å². The topological polar surface area (TPSA) is 65.5 Å². The quantitative estimate of drug-likeness (QED) is 0.355. The fraction of sp³-hybridized carbons (Fsp3) is 0.0385. The number of hydrogen-bond acceptors (Lipinski definition) is 5. The number of rotatable bonds is 2. The van der Waals surface area contributed by atoms with Gasteiger partial charge in [0.15, 0.2) is 11.4 Å². The van der Waals surface area contributed by atoms with E-state index in [-0.39, 0.29) is 5.92 Å². The Hall–Kier alpha value is -4.45. The first kappa shape index (κ1) is 17.3. The molecule has 6 nitrogen and oxygen atoms in total. The van der Waals surface area contributed by atoms with Gasteiger partial charge < -0.3 is 9.15 Å². The zero-order valence-electron chi connectivity index (χ0n) is 16.8. The standard InChI is InChI=1S/C26H16N4O2/c1-2-8-17(9-3-1)21-22-18-10-5-4-7-16(18)12-13-19(22)32-26-23(21)25-28-24(20-11-6-14-31-20)29-30(25)15-27-26/h1-15,21H/t21-/m1/s1. The highest BCUT2D eigenvalue weighted by molar-refractivity contribution is 5.90. The Kier molecular flexibility index (Phi) is 3.52. The van der Waals surface area contributed by atoms with Crippen molar-refractivity contribution in [2.45, 2.75) is 5.92 Å². The van der Waals surface area contributed by atoms with Gasteiger partial charge in [-0.2, -0.15) is 0 Å². The second-order valence-electron chi connectivity index (χ2n) is 7.79. The molecule has 0 N–H and O–H groups in total. The molecule has 152 valence electrons. The van der Waals surface area contributed by atoms with Gasteiger partial charge in [0.25, 0.3) is 0 Å². The number of aromatic nitrogens is 4. The van der Waals surface area contributed by atoms with Crippen molar-refractivity contribution in [3.8, 4) is 23.2 Å². The zero-order chi connectivity index (χ0) is 21.1. The summed E-state index contributed by atoms with van der Waals surface area (Å²) in [5.74, 6) is 2.38. The Morgan fingerprint density at radius 2 is 1.69 bits per heavy atom. The molecular formula is C26H16N4O2. The number of ether oxygens (including phenoxy) is 1. The van der Waals surface area contributed by atoms with Gasteiger partial charge in [-0.3, -0.25) is 0 Å². The van der Waals surface area contributed by atoms with Crippen LogP contribution in [0.1, 0.15) is 22.6 Å². The van der Waals surface area contributed by atoms with Gasteiger partial charge in [-0.25, -0.2) is 14.5 Å². The van der Waals surface area contributed by atoms with Crippen molar-refractivity contribution >= 4 is 16.4 Å². The first-order valence-corrected chi connectivity index (χ1v) is 10.4. The summed E-state index contributed by atoms with van der Waals surface area (Å²) in [7, 11) is 0. The number of fused-ring (bicyclic) bond motifs is 6. The molecule has 1 atom stereocenters. The molecule has 0 saturated carbocycles. The Bertz CT molecular complexity index is 1600. The van der Waals surface area contributed by atoms with E-state index in [1.54, 1.807) is 17.1 Å². The first-order valence-electron chi connectivity index (χ1n) is 10.4. The molecular weight excluding hydrogens is 400 g/mol. The molecule has 0 amide bonds. The normalized spacial score (nSPS) is 14.8. The fourth-order valence-electron chi connectivity index (χ4n) is 4.59. The van der Waals surface area contributed by atoms with E-state index in [1.165, 1.54) is 0 Å². The lowest BCUT2D eigenvalue weighted by Crippen LogP contribution is -2.15. The molecule has 4 heterocycles. The molecule has 7 rings (SSSR count). The molecule has 3 aromatic heterocycles. The van der Waals surface area contributed by atoms with Crippen molar-refractivity contribution in [2.24, 2.45) is 0 Å². The molecule has 0 spiro atoms. The summed E-state index contributed by atoms with van der Waals surface area (Å²) in [5.41, 5.74) is 3.85. The molecule has 6 aromatic rings. The fourth-order valence-corrected chi connectivity index (χ4v) is 4.59. The van der Waals surface area contributed by atoms with E-state index < -0.39 is 0 Å². The third-order valence-electron chi connectivity index (χ3n) is 5.98. The summed E-state index contributed by atoms with van der Waals surface area (Å²) in [6, 6.07) is 26.6. The molecule has 0 unspecified atom stereocenters. The zero-order valence-corrected chi connectivity index (χ0v) is 16.8.